The van der Waals surface area contributed by atoms with Crippen LogP contribution in [-0.4, -0.2) is 34.6 Å². The zero-order valence-corrected chi connectivity index (χ0v) is 14.1. The van der Waals surface area contributed by atoms with Gasteiger partial charge in [0.25, 0.3) is 0 Å². The highest BCUT2D eigenvalue weighted by atomic mass is 16.5. The minimum absolute atomic E-state index is 0.233. The molecule has 2 N–H and O–H groups in total. The van der Waals surface area contributed by atoms with Crippen molar-refractivity contribution in [1.29, 1.82) is 0 Å². The highest BCUT2D eigenvalue weighted by Gasteiger charge is 2.26. The van der Waals surface area contributed by atoms with Crippen LogP contribution in [0.2, 0.25) is 0 Å². The van der Waals surface area contributed by atoms with Gasteiger partial charge in [-0.3, -0.25) is 4.68 Å². The molecule has 23 heavy (non-hydrogen) atoms. The second kappa shape index (κ2) is 7.43. The molecule has 0 amide bonds. The molecule has 1 aromatic heterocycles. The van der Waals surface area contributed by atoms with Gasteiger partial charge in [0.1, 0.15) is 0 Å². The summed E-state index contributed by atoms with van der Waals surface area (Å²) < 4.78 is 7.46. The van der Waals surface area contributed by atoms with Gasteiger partial charge in [0.05, 0.1) is 17.8 Å². The molecule has 5 heteroatoms. The van der Waals surface area contributed by atoms with Crippen LogP contribution < -0.4 is 5.32 Å². The smallest absolute Gasteiger partial charge is 0.0870 e. The fourth-order valence-electron chi connectivity index (χ4n) is 3.15. The van der Waals surface area contributed by atoms with E-state index in [0.29, 0.717) is 12.6 Å². The predicted molar refractivity (Wildman–Crippen MR) is 91.3 cm³/mol. The van der Waals surface area contributed by atoms with Crippen molar-refractivity contribution in [2.75, 3.05) is 13.7 Å². The number of fused-ring (bicyclic) bond motifs is 1. The average molecular weight is 317 g/mol. The molecule has 126 valence electrons. The Morgan fingerprint density at radius 2 is 2.22 bits per heavy atom. The normalized spacial score (nSPS) is 16.1. The Kier molecular flexibility index (Phi) is 5.30. The van der Waals surface area contributed by atoms with Crippen molar-refractivity contribution in [3.8, 4) is 0 Å². The highest BCUT2D eigenvalue weighted by Crippen LogP contribution is 2.30. The zero-order chi connectivity index (χ0) is 16.2. The largest absolute Gasteiger partial charge is 0.396 e. The molecule has 1 atom stereocenters. The molecule has 1 saturated carbocycles. The van der Waals surface area contributed by atoms with Crippen molar-refractivity contribution in [3.05, 3.63) is 29.5 Å². The predicted octanol–water partition coefficient (Wildman–Crippen LogP) is 2.77. The molecule has 0 saturated heterocycles. The first-order valence-corrected chi connectivity index (χ1v) is 8.58. The summed E-state index contributed by atoms with van der Waals surface area (Å²) in [5.74, 6) is 0. The Morgan fingerprint density at radius 3 is 2.91 bits per heavy atom. The van der Waals surface area contributed by atoms with Crippen LogP contribution in [0, 0.1) is 0 Å². The van der Waals surface area contributed by atoms with Gasteiger partial charge in [-0.2, -0.15) is 5.10 Å². The van der Waals surface area contributed by atoms with Crippen molar-refractivity contribution >= 4 is 10.9 Å². The van der Waals surface area contributed by atoms with E-state index in [1.165, 1.54) is 29.3 Å². The summed E-state index contributed by atoms with van der Waals surface area (Å²) in [6, 6.07) is 7.26. The van der Waals surface area contributed by atoms with E-state index in [2.05, 4.69) is 35.1 Å². The van der Waals surface area contributed by atoms with Crippen LogP contribution in [0.5, 0.6) is 0 Å². The standard InChI is InChI=1S/C18H27N3O2/c1-13(19-15-8-9-15)17-16-7-5-6-14(12-23-2)18(16)21(20-17)10-3-4-11-22/h5-7,13,15,19,22H,3-4,8-12H2,1-2H3. The number of aryl methyl sites for hydroxylation is 1. The third-order valence-corrected chi connectivity index (χ3v) is 4.43. The summed E-state index contributed by atoms with van der Waals surface area (Å²) in [7, 11) is 1.73. The average Bonchev–Trinajstić information content (AvgIpc) is 3.27. The fraction of sp³-hybridized carbons (Fsp3) is 0.611. The molecule has 1 aromatic carbocycles. The lowest BCUT2D eigenvalue weighted by molar-refractivity contribution is 0.185. The Bertz CT molecular complexity index is 649. The zero-order valence-electron chi connectivity index (χ0n) is 14.1. The lowest BCUT2D eigenvalue weighted by atomic mass is 10.1. The van der Waals surface area contributed by atoms with Gasteiger partial charge in [0.15, 0.2) is 0 Å². The van der Waals surface area contributed by atoms with Crippen LogP contribution >= 0.6 is 0 Å². The van der Waals surface area contributed by atoms with E-state index in [1.807, 2.05) is 0 Å². The number of aliphatic hydroxyl groups is 1. The van der Waals surface area contributed by atoms with Gasteiger partial charge < -0.3 is 15.2 Å². The molecule has 1 heterocycles. The van der Waals surface area contributed by atoms with E-state index in [1.54, 1.807) is 7.11 Å². The number of nitrogens with one attached hydrogen (secondary N) is 1. The first-order valence-electron chi connectivity index (χ1n) is 8.58. The molecule has 1 fully saturated rings. The number of hydrogen-bond acceptors (Lipinski definition) is 4. The van der Waals surface area contributed by atoms with Crippen molar-refractivity contribution in [1.82, 2.24) is 15.1 Å². The monoisotopic (exact) mass is 317 g/mol. The van der Waals surface area contributed by atoms with E-state index < -0.39 is 0 Å². The number of unbranched alkanes of at least 4 members (excludes halogenated alkanes) is 1. The van der Waals surface area contributed by atoms with Crippen LogP contribution in [0.3, 0.4) is 0 Å². The van der Waals surface area contributed by atoms with Crippen molar-refractivity contribution in [2.45, 2.75) is 57.8 Å². The van der Waals surface area contributed by atoms with Gasteiger partial charge in [-0.05, 0) is 32.6 Å². The lowest BCUT2D eigenvalue weighted by Crippen LogP contribution is -2.21. The number of rotatable bonds is 9. The Morgan fingerprint density at radius 1 is 1.39 bits per heavy atom. The summed E-state index contributed by atoms with van der Waals surface area (Å²) in [6.07, 6.45) is 4.28. The Balaban J connectivity index is 1.96. The first kappa shape index (κ1) is 16.4. The molecule has 2 aromatic rings. The molecule has 1 unspecified atom stereocenters. The van der Waals surface area contributed by atoms with E-state index in [4.69, 9.17) is 14.9 Å². The number of aliphatic hydroxyl groups excluding tert-OH is 1. The highest BCUT2D eigenvalue weighted by molar-refractivity contribution is 5.85. The van der Waals surface area contributed by atoms with Crippen LogP contribution in [0.15, 0.2) is 18.2 Å². The summed E-state index contributed by atoms with van der Waals surface area (Å²) in [4.78, 5) is 0. The molecular formula is C18H27N3O2. The minimum Gasteiger partial charge on any atom is -0.396 e. The van der Waals surface area contributed by atoms with Crippen molar-refractivity contribution in [2.24, 2.45) is 0 Å². The van der Waals surface area contributed by atoms with Crippen LogP contribution in [0.4, 0.5) is 0 Å². The van der Waals surface area contributed by atoms with Gasteiger partial charge in [-0.25, -0.2) is 0 Å². The van der Waals surface area contributed by atoms with Gasteiger partial charge >= 0.3 is 0 Å². The van der Waals surface area contributed by atoms with E-state index in [-0.39, 0.29) is 12.6 Å². The molecule has 3 rings (SSSR count). The quantitative estimate of drug-likeness (QED) is 0.698. The van der Waals surface area contributed by atoms with Gasteiger partial charge in [0, 0.05) is 43.3 Å². The van der Waals surface area contributed by atoms with Gasteiger partial charge in [-0.15, -0.1) is 0 Å². The Hall–Kier alpha value is -1.43. The molecule has 1 aliphatic carbocycles. The van der Waals surface area contributed by atoms with E-state index >= 15 is 0 Å². The summed E-state index contributed by atoms with van der Waals surface area (Å²) >= 11 is 0. The number of para-hydroxylation sites is 1. The summed E-state index contributed by atoms with van der Waals surface area (Å²) in [5.41, 5.74) is 3.46. The molecule has 0 aliphatic heterocycles. The second-order valence-electron chi connectivity index (χ2n) is 6.45. The van der Waals surface area contributed by atoms with Crippen LogP contribution in [0.1, 0.15) is 49.9 Å². The number of hydrogen-bond donors (Lipinski definition) is 2. The van der Waals surface area contributed by atoms with Gasteiger partial charge in [-0.1, -0.05) is 18.2 Å². The number of aromatic nitrogens is 2. The summed E-state index contributed by atoms with van der Waals surface area (Å²) in [5, 5.41) is 18.8. The van der Waals surface area contributed by atoms with Crippen molar-refractivity contribution < 1.29 is 9.84 Å². The third-order valence-electron chi connectivity index (χ3n) is 4.43. The number of methoxy groups -OCH3 is 1. The SMILES string of the molecule is COCc1cccc2c(C(C)NC3CC3)nn(CCCCO)c12. The fourth-order valence-corrected chi connectivity index (χ4v) is 3.15. The second-order valence-corrected chi connectivity index (χ2v) is 6.45. The maximum Gasteiger partial charge on any atom is 0.0870 e. The molecule has 1 aliphatic rings. The Labute approximate surface area is 137 Å². The van der Waals surface area contributed by atoms with Crippen molar-refractivity contribution in [3.63, 3.8) is 0 Å². The minimum atomic E-state index is 0.233. The topological polar surface area (TPSA) is 59.3 Å². The van der Waals surface area contributed by atoms with Crippen LogP contribution in [0.25, 0.3) is 10.9 Å². The molecule has 0 radical (unpaired) electrons. The van der Waals surface area contributed by atoms with Gasteiger partial charge in [0.2, 0.25) is 0 Å². The number of benzene rings is 1. The molecule has 0 bridgehead atoms. The van der Waals surface area contributed by atoms with Crippen LogP contribution in [-0.2, 0) is 17.9 Å². The first-order chi connectivity index (χ1) is 11.2. The lowest BCUT2D eigenvalue weighted by Gasteiger charge is -2.10. The molecule has 5 nitrogen and oxygen atoms in total. The van der Waals surface area contributed by atoms with E-state index in [9.17, 15) is 0 Å². The molecular weight excluding hydrogens is 290 g/mol. The van der Waals surface area contributed by atoms with E-state index in [0.717, 1.165) is 25.1 Å². The third kappa shape index (κ3) is 3.74. The maximum atomic E-state index is 9.04. The summed E-state index contributed by atoms with van der Waals surface area (Å²) in [6.45, 7) is 3.85. The number of ether oxygens (including phenoxy) is 1. The number of nitrogens with zero attached hydrogens (tertiary/aromatic N) is 2. The maximum absolute atomic E-state index is 9.04. The molecule has 0 spiro atoms.